The number of rotatable bonds is 1. The molecule has 0 bridgehead atoms. The standard InChI is InChI=1S/C3H6ClN/c1-5-3-2-4/h2-3,5H,1H3. The topological polar surface area (TPSA) is 12.0 Å². The van der Waals surface area contributed by atoms with Gasteiger partial charge in [-0.1, -0.05) is 11.6 Å². The largest absolute Gasteiger partial charge is 0.393 e. The number of hydrogen-bond acceptors (Lipinski definition) is 1. The number of hydrogen-bond donors (Lipinski definition) is 1. The zero-order valence-corrected chi connectivity index (χ0v) is 3.79. The van der Waals surface area contributed by atoms with Gasteiger partial charge in [-0.2, -0.15) is 0 Å². The van der Waals surface area contributed by atoms with Gasteiger partial charge in [-0.15, -0.1) is 0 Å². The van der Waals surface area contributed by atoms with Crippen LogP contribution in [-0.2, 0) is 0 Å². The van der Waals surface area contributed by atoms with E-state index >= 15 is 0 Å². The predicted molar refractivity (Wildman–Crippen MR) is 24.1 cm³/mol. The first kappa shape index (κ1) is 4.83. The molecule has 0 aliphatic carbocycles. The maximum absolute atomic E-state index is 5.06. The van der Waals surface area contributed by atoms with Gasteiger partial charge in [0.2, 0.25) is 0 Å². The Kier molecular flexibility index (Phi) is 3.70. The highest BCUT2D eigenvalue weighted by atomic mass is 35.5. The van der Waals surface area contributed by atoms with Crippen LogP contribution in [0.1, 0.15) is 0 Å². The van der Waals surface area contributed by atoms with Crippen molar-refractivity contribution < 1.29 is 0 Å². The van der Waals surface area contributed by atoms with Gasteiger partial charge in [0.15, 0.2) is 0 Å². The van der Waals surface area contributed by atoms with Crippen molar-refractivity contribution in [3.63, 3.8) is 0 Å². The van der Waals surface area contributed by atoms with Gasteiger partial charge in [0.05, 0.1) is 0 Å². The van der Waals surface area contributed by atoms with Crippen molar-refractivity contribution in [2.45, 2.75) is 0 Å². The SMILES string of the molecule is CNC=CCl. The molecular formula is C3H6ClN. The highest BCUT2D eigenvalue weighted by molar-refractivity contribution is 6.25. The first-order valence-corrected chi connectivity index (χ1v) is 1.78. The second kappa shape index (κ2) is 3.83. The lowest BCUT2D eigenvalue weighted by Gasteiger charge is -1.73. The van der Waals surface area contributed by atoms with Crippen LogP contribution in [0.2, 0.25) is 0 Å². The summed E-state index contributed by atoms with van der Waals surface area (Å²) in [6, 6.07) is 0. The third-order valence-corrected chi connectivity index (χ3v) is 0.356. The van der Waals surface area contributed by atoms with Gasteiger partial charge in [0.25, 0.3) is 0 Å². The van der Waals surface area contributed by atoms with Crippen LogP contribution in [0.25, 0.3) is 0 Å². The first-order chi connectivity index (χ1) is 2.41. The molecule has 0 fully saturated rings. The van der Waals surface area contributed by atoms with Crippen LogP contribution in [0.5, 0.6) is 0 Å². The smallest absolute Gasteiger partial charge is 0.0199 e. The Bertz CT molecular complexity index is 33.9. The molecule has 0 unspecified atom stereocenters. The van der Waals surface area contributed by atoms with Crippen molar-refractivity contribution >= 4 is 11.6 Å². The Morgan fingerprint density at radius 1 is 1.80 bits per heavy atom. The van der Waals surface area contributed by atoms with Gasteiger partial charge in [-0.05, 0) is 0 Å². The summed E-state index contributed by atoms with van der Waals surface area (Å²) in [4.78, 5) is 0. The molecule has 1 N–H and O–H groups in total. The van der Waals surface area contributed by atoms with E-state index in [1.165, 1.54) is 5.54 Å². The molecule has 0 aliphatic heterocycles. The van der Waals surface area contributed by atoms with E-state index < -0.39 is 0 Å². The summed E-state index contributed by atoms with van der Waals surface area (Å²) < 4.78 is 0. The Hall–Kier alpha value is -0.170. The molecule has 0 atom stereocenters. The minimum atomic E-state index is 1.42. The average Bonchev–Trinajstić information content (AvgIpc) is 1.41. The molecule has 2 heteroatoms. The molecule has 5 heavy (non-hydrogen) atoms. The third-order valence-electron chi connectivity index (χ3n) is 0.230. The average molecular weight is 91.5 g/mol. The normalized spacial score (nSPS) is 9.20. The van der Waals surface area contributed by atoms with Gasteiger partial charge in [0.1, 0.15) is 0 Å². The number of halogens is 1. The third kappa shape index (κ3) is 3.83. The highest BCUT2D eigenvalue weighted by Crippen LogP contribution is 1.68. The molecule has 30 valence electrons. The summed E-state index contributed by atoms with van der Waals surface area (Å²) >= 11 is 5.06. The molecule has 0 amide bonds. The van der Waals surface area contributed by atoms with E-state index in [0.717, 1.165) is 0 Å². The van der Waals surface area contributed by atoms with Crippen LogP contribution in [-0.4, -0.2) is 7.05 Å². The van der Waals surface area contributed by atoms with Crippen molar-refractivity contribution in [3.8, 4) is 0 Å². The van der Waals surface area contributed by atoms with Crippen molar-refractivity contribution in [2.75, 3.05) is 7.05 Å². The quantitative estimate of drug-likeness (QED) is 0.506. The Morgan fingerprint density at radius 3 is 2.40 bits per heavy atom. The molecule has 0 spiro atoms. The molecular weight excluding hydrogens is 85.5 g/mol. The van der Waals surface area contributed by atoms with E-state index in [4.69, 9.17) is 11.6 Å². The van der Waals surface area contributed by atoms with Gasteiger partial charge >= 0.3 is 0 Å². The predicted octanol–water partition coefficient (Wildman–Crippen LogP) is 0.916. The van der Waals surface area contributed by atoms with E-state index in [1.807, 2.05) is 0 Å². The molecule has 0 radical (unpaired) electrons. The Morgan fingerprint density at radius 2 is 2.40 bits per heavy atom. The van der Waals surface area contributed by atoms with Gasteiger partial charge < -0.3 is 5.32 Å². The lowest BCUT2D eigenvalue weighted by Crippen LogP contribution is -1.88. The van der Waals surface area contributed by atoms with E-state index in [2.05, 4.69) is 5.32 Å². The van der Waals surface area contributed by atoms with Crippen LogP contribution < -0.4 is 5.32 Å². The first-order valence-electron chi connectivity index (χ1n) is 1.34. The fourth-order valence-corrected chi connectivity index (χ4v) is 0.189. The lowest BCUT2D eigenvalue weighted by atomic mass is 11.0. The van der Waals surface area contributed by atoms with Crippen molar-refractivity contribution in [3.05, 3.63) is 11.7 Å². The van der Waals surface area contributed by atoms with Crippen molar-refractivity contribution in [1.82, 2.24) is 5.32 Å². The maximum Gasteiger partial charge on any atom is 0.0199 e. The summed E-state index contributed by atoms with van der Waals surface area (Å²) in [5, 5.41) is 2.70. The van der Waals surface area contributed by atoms with Crippen LogP contribution >= 0.6 is 11.6 Å². The summed E-state index contributed by atoms with van der Waals surface area (Å²) in [6.45, 7) is 0. The maximum atomic E-state index is 5.06. The zero-order chi connectivity index (χ0) is 4.12. The van der Waals surface area contributed by atoms with Crippen molar-refractivity contribution in [1.29, 1.82) is 0 Å². The molecule has 0 heterocycles. The van der Waals surface area contributed by atoms with E-state index in [0.29, 0.717) is 0 Å². The fraction of sp³-hybridized carbons (Fsp3) is 0.333. The Labute approximate surface area is 36.6 Å². The summed E-state index contributed by atoms with van der Waals surface area (Å²) in [5.74, 6) is 0. The zero-order valence-electron chi connectivity index (χ0n) is 3.03. The molecule has 0 aromatic rings. The number of nitrogens with one attached hydrogen (secondary N) is 1. The summed E-state index contributed by atoms with van der Waals surface area (Å²) in [7, 11) is 1.79. The monoisotopic (exact) mass is 91.0 g/mol. The fourth-order valence-electron chi connectivity index (χ4n) is 0.0630. The second-order valence-electron chi connectivity index (χ2n) is 0.581. The molecule has 1 nitrogen and oxygen atoms in total. The minimum Gasteiger partial charge on any atom is -0.393 e. The highest BCUT2D eigenvalue weighted by Gasteiger charge is 1.47. The molecule has 0 saturated heterocycles. The van der Waals surface area contributed by atoms with Gasteiger partial charge in [-0.3, -0.25) is 0 Å². The van der Waals surface area contributed by atoms with Crippen LogP contribution in [0, 0.1) is 0 Å². The van der Waals surface area contributed by atoms with Gasteiger partial charge in [0, 0.05) is 18.8 Å². The van der Waals surface area contributed by atoms with Crippen LogP contribution in [0.3, 0.4) is 0 Å². The Balaban J connectivity index is 2.62. The lowest BCUT2D eigenvalue weighted by molar-refractivity contribution is 1.11. The molecule has 0 aromatic carbocycles. The van der Waals surface area contributed by atoms with Crippen LogP contribution in [0.15, 0.2) is 11.7 Å². The summed E-state index contributed by atoms with van der Waals surface area (Å²) in [6.07, 6.45) is 1.64. The van der Waals surface area contributed by atoms with E-state index in [9.17, 15) is 0 Å². The molecule has 0 aliphatic rings. The molecule has 0 aromatic heterocycles. The second-order valence-corrected chi connectivity index (χ2v) is 0.833. The van der Waals surface area contributed by atoms with E-state index in [-0.39, 0.29) is 0 Å². The van der Waals surface area contributed by atoms with E-state index in [1.54, 1.807) is 13.2 Å². The van der Waals surface area contributed by atoms with Crippen LogP contribution in [0.4, 0.5) is 0 Å². The van der Waals surface area contributed by atoms with Gasteiger partial charge in [-0.25, -0.2) is 0 Å². The minimum absolute atomic E-state index is 1.42. The molecule has 0 rings (SSSR count). The molecule has 0 saturated carbocycles. The summed E-state index contributed by atoms with van der Waals surface area (Å²) in [5.41, 5.74) is 1.42. The van der Waals surface area contributed by atoms with Crippen molar-refractivity contribution in [2.24, 2.45) is 0 Å².